The molecule has 1 fully saturated rings. The number of benzene rings is 2. The fraction of sp³-hybridized carbons (Fsp3) is 0.182. The second-order valence-electron chi connectivity index (χ2n) is 6.27. The average Bonchev–Trinajstić information content (AvgIpc) is 2.96. The van der Waals surface area contributed by atoms with Crippen LogP contribution in [0.4, 0.5) is 4.79 Å². The lowest BCUT2D eigenvalue weighted by molar-refractivity contribution is -0.123. The Balaban J connectivity index is 1.91. The number of allylic oxidation sites excluding steroid dienone is 1. The maximum Gasteiger partial charge on any atom is 0.329 e. The van der Waals surface area contributed by atoms with Gasteiger partial charge in [-0.15, -0.1) is 6.58 Å². The Labute approximate surface area is 164 Å². The van der Waals surface area contributed by atoms with Crippen LogP contribution in [0.1, 0.15) is 16.7 Å². The van der Waals surface area contributed by atoms with Crippen molar-refractivity contribution in [1.29, 1.82) is 0 Å². The molecule has 0 bridgehead atoms. The minimum Gasteiger partial charge on any atom is -0.493 e. The molecule has 1 N–H and O–H groups in total. The van der Waals surface area contributed by atoms with Gasteiger partial charge in [0.25, 0.3) is 5.91 Å². The number of imide groups is 1. The van der Waals surface area contributed by atoms with Crippen LogP contribution < -0.4 is 14.8 Å². The highest BCUT2D eigenvalue weighted by Gasteiger charge is 2.33. The van der Waals surface area contributed by atoms with Gasteiger partial charge in [-0.25, -0.2) is 4.79 Å². The fourth-order valence-corrected chi connectivity index (χ4v) is 3.11. The van der Waals surface area contributed by atoms with E-state index in [2.05, 4.69) is 11.9 Å². The maximum atomic E-state index is 12.7. The molecule has 0 aliphatic carbocycles. The summed E-state index contributed by atoms with van der Waals surface area (Å²) in [4.78, 5) is 26.2. The Bertz CT molecular complexity index is 935. The molecule has 1 saturated heterocycles. The van der Waals surface area contributed by atoms with Crippen LogP contribution in [0.2, 0.25) is 0 Å². The molecule has 2 aromatic carbocycles. The smallest absolute Gasteiger partial charge is 0.329 e. The topological polar surface area (TPSA) is 67.9 Å². The molecule has 144 valence electrons. The molecule has 0 spiro atoms. The number of urea groups is 1. The summed E-state index contributed by atoms with van der Waals surface area (Å²) in [5.74, 6) is 0.803. The molecule has 0 aromatic heterocycles. The number of ether oxygens (including phenoxy) is 2. The minimum absolute atomic E-state index is 0.219. The number of hydrogen-bond acceptors (Lipinski definition) is 4. The van der Waals surface area contributed by atoms with E-state index in [1.807, 2.05) is 36.4 Å². The van der Waals surface area contributed by atoms with E-state index in [4.69, 9.17) is 9.47 Å². The largest absolute Gasteiger partial charge is 0.493 e. The van der Waals surface area contributed by atoms with Crippen molar-refractivity contribution in [3.63, 3.8) is 0 Å². The third-order valence-electron chi connectivity index (χ3n) is 4.40. The second kappa shape index (κ2) is 8.43. The van der Waals surface area contributed by atoms with E-state index in [1.54, 1.807) is 32.4 Å². The van der Waals surface area contributed by atoms with E-state index in [0.29, 0.717) is 17.9 Å². The summed E-state index contributed by atoms with van der Waals surface area (Å²) in [6.45, 7) is 3.98. The number of amides is 3. The first-order chi connectivity index (χ1) is 13.6. The number of carbonyl (C=O) groups excluding carboxylic acids is 2. The Morgan fingerprint density at radius 3 is 2.50 bits per heavy atom. The number of nitrogens with zero attached hydrogens (tertiary/aromatic N) is 1. The first-order valence-corrected chi connectivity index (χ1v) is 8.81. The summed E-state index contributed by atoms with van der Waals surface area (Å²) in [6, 6.07) is 12.6. The normalized spacial score (nSPS) is 14.9. The van der Waals surface area contributed by atoms with E-state index >= 15 is 0 Å². The zero-order valence-corrected chi connectivity index (χ0v) is 15.9. The van der Waals surface area contributed by atoms with Crippen LogP contribution in [-0.2, 0) is 17.8 Å². The van der Waals surface area contributed by atoms with Crippen LogP contribution in [-0.4, -0.2) is 31.1 Å². The summed E-state index contributed by atoms with van der Waals surface area (Å²) in [5.41, 5.74) is 2.70. The zero-order valence-electron chi connectivity index (χ0n) is 15.9. The minimum atomic E-state index is -0.438. The molecule has 1 aliphatic rings. The van der Waals surface area contributed by atoms with Crippen LogP contribution in [0, 0.1) is 0 Å². The molecular weight excluding hydrogens is 356 g/mol. The molecule has 1 heterocycles. The van der Waals surface area contributed by atoms with Gasteiger partial charge in [0.2, 0.25) is 0 Å². The van der Waals surface area contributed by atoms with Gasteiger partial charge >= 0.3 is 6.03 Å². The molecule has 2 aromatic rings. The van der Waals surface area contributed by atoms with Crippen LogP contribution in [0.25, 0.3) is 6.08 Å². The summed E-state index contributed by atoms with van der Waals surface area (Å²) < 4.78 is 10.8. The molecule has 0 unspecified atom stereocenters. The van der Waals surface area contributed by atoms with Gasteiger partial charge in [-0.1, -0.05) is 36.4 Å². The van der Waals surface area contributed by atoms with Crippen molar-refractivity contribution in [2.45, 2.75) is 13.0 Å². The van der Waals surface area contributed by atoms with Gasteiger partial charge in [-0.2, -0.15) is 0 Å². The average molecular weight is 378 g/mol. The molecule has 28 heavy (non-hydrogen) atoms. The van der Waals surface area contributed by atoms with Crippen LogP contribution >= 0.6 is 0 Å². The molecule has 0 radical (unpaired) electrons. The highest BCUT2D eigenvalue weighted by atomic mass is 16.5. The van der Waals surface area contributed by atoms with E-state index < -0.39 is 6.03 Å². The Morgan fingerprint density at radius 2 is 1.86 bits per heavy atom. The SMILES string of the molecule is C=CCc1cc(/C=C2\NC(=O)N(Cc3ccccc3)C2=O)cc(OC)c1OC. The van der Waals surface area contributed by atoms with Gasteiger partial charge in [-0.05, 0) is 35.8 Å². The lowest BCUT2D eigenvalue weighted by Crippen LogP contribution is -2.30. The third kappa shape index (κ3) is 3.91. The molecule has 3 amide bonds. The molecule has 6 heteroatoms. The first-order valence-electron chi connectivity index (χ1n) is 8.81. The van der Waals surface area contributed by atoms with E-state index in [9.17, 15) is 9.59 Å². The summed E-state index contributed by atoms with van der Waals surface area (Å²) in [6.07, 6.45) is 3.98. The Kier molecular flexibility index (Phi) is 5.79. The molecule has 3 rings (SSSR count). The summed E-state index contributed by atoms with van der Waals surface area (Å²) in [7, 11) is 3.13. The number of carbonyl (C=O) groups is 2. The molecular formula is C22H22N2O4. The van der Waals surface area contributed by atoms with Crippen molar-refractivity contribution < 1.29 is 19.1 Å². The maximum absolute atomic E-state index is 12.7. The lowest BCUT2D eigenvalue weighted by Gasteiger charge is -2.13. The van der Waals surface area contributed by atoms with Crippen molar-refractivity contribution >= 4 is 18.0 Å². The lowest BCUT2D eigenvalue weighted by atomic mass is 10.0. The number of hydrogen-bond donors (Lipinski definition) is 1. The van der Waals surface area contributed by atoms with Gasteiger partial charge in [0, 0.05) is 5.56 Å². The van der Waals surface area contributed by atoms with Crippen LogP contribution in [0.15, 0.2) is 60.8 Å². The van der Waals surface area contributed by atoms with Crippen molar-refractivity contribution in [3.8, 4) is 11.5 Å². The zero-order chi connectivity index (χ0) is 20.1. The number of nitrogens with one attached hydrogen (secondary N) is 1. The highest BCUT2D eigenvalue weighted by Crippen LogP contribution is 2.34. The number of methoxy groups -OCH3 is 2. The summed E-state index contributed by atoms with van der Waals surface area (Å²) >= 11 is 0. The second-order valence-corrected chi connectivity index (χ2v) is 6.27. The van der Waals surface area contributed by atoms with Gasteiger partial charge in [0.1, 0.15) is 5.70 Å². The monoisotopic (exact) mass is 378 g/mol. The van der Waals surface area contributed by atoms with Gasteiger partial charge in [-0.3, -0.25) is 9.69 Å². The van der Waals surface area contributed by atoms with Crippen molar-refractivity contribution in [1.82, 2.24) is 10.2 Å². The standard InChI is InChI=1S/C22H22N2O4/c1-4-8-17-11-16(13-19(27-2)20(17)28-3)12-18-21(25)24(22(26)23-18)14-15-9-6-5-7-10-15/h4-7,9-13H,1,8,14H2,2-3H3,(H,23,26)/b18-12-. The molecule has 0 atom stereocenters. The van der Waals surface area contributed by atoms with Crippen LogP contribution in [0.5, 0.6) is 11.5 Å². The predicted molar refractivity (Wildman–Crippen MR) is 107 cm³/mol. The number of rotatable bonds is 7. The third-order valence-corrected chi connectivity index (χ3v) is 4.40. The van der Waals surface area contributed by atoms with Crippen molar-refractivity contribution in [3.05, 3.63) is 77.5 Å². The quantitative estimate of drug-likeness (QED) is 0.455. The Hall–Kier alpha value is -3.54. The predicted octanol–water partition coefficient (Wildman–Crippen LogP) is 3.53. The highest BCUT2D eigenvalue weighted by molar-refractivity contribution is 6.13. The van der Waals surface area contributed by atoms with E-state index in [-0.39, 0.29) is 18.1 Å². The van der Waals surface area contributed by atoms with E-state index in [1.165, 1.54) is 4.90 Å². The Morgan fingerprint density at radius 1 is 1.11 bits per heavy atom. The molecule has 0 saturated carbocycles. The van der Waals surface area contributed by atoms with Gasteiger partial charge in [0.05, 0.1) is 20.8 Å². The van der Waals surface area contributed by atoms with Crippen molar-refractivity contribution in [2.75, 3.05) is 14.2 Å². The van der Waals surface area contributed by atoms with Crippen molar-refractivity contribution in [2.24, 2.45) is 0 Å². The van der Waals surface area contributed by atoms with Gasteiger partial charge < -0.3 is 14.8 Å². The summed E-state index contributed by atoms with van der Waals surface area (Å²) in [5, 5.41) is 2.65. The first kappa shape index (κ1) is 19.2. The molecule has 6 nitrogen and oxygen atoms in total. The fourth-order valence-electron chi connectivity index (χ4n) is 3.11. The molecule has 1 aliphatic heterocycles. The van der Waals surface area contributed by atoms with E-state index in [0.717, 1.165) is 16.7 Å². The van der Waals surface area contributed by atoms with Gasteiger partial charge in [0.15, 0.2) is 11.5 Å². The van der Waals surface area contributed by atoms with Crippen LogP contribution in [0.3, 0.4) is 0 Å².